The van der Waals surface area contributed by atoms with Crippen LogP contribution in [0.15, 0.2) is 0 Å². The molecule has 2 aliphatic rings. The van der Waals surface area contributed by atoms with Gasteiger partial charge in [0.1, 0.15) is 5.60 Å². The van der Waals surface area contributed by atoms with Crippen molar-refractivity contribution >= 4 is 6.09 Å². The molecule has 2 rings (SSSR count). The Morgan fingerprint density at radius 2 is 2.00 bits per heavy atom. The summed E-state index contributed by atoms with van der Waals surface area (Å²) in [5.74, 6) is 1.53. The molecule has 0 aromatic heterocycles. The second kappa shape index (κ2) is 6.99. The number of nitrogens with zero attached hydrogens (tertiary/aromatic N) is 1. The summed E-state index contributed by atoms with van der Waals surface area (Å²) in [6.07, 6.45) is 6.29. The third kappa shape index (κ3) is 6.25. The maximum Gasteiger partial charge on any atom is 0.410 e. The Kier molecular flexibility index (Phi) is 5.53. The van der Waals surface area contributed by atoms with Crippen LogP contribution in [0.25, 0.3) is 0 Å². The van der Waals surface area contributed by atoms with Gasteiger partial charge in [-0.15, -0.1) is 0 Å². The lowest BCUT2D eigenvalue weighted by atomic mass is 9.97. The quantitative estimate of drug-likeness (QED) is 0.845. The van der Waals surface area contributed by atoms with Crippen LogP contribution in [0.4, 0.5) is 4.79 Å². The second-order valence-corrected chi connectivity index (χ2v) is 7.92. The van der Waals surface area contributed by atoms with Gasteiger partial charge in [-0.2, -0.15) is 0 Å². The first kappa shape index (κ1) is 16.6. The van der Waals surface area contributed by atoms with E-state index in [9.17, 15) is 4.79 Å². The van der Waals surface area contributed by atoms with Gasteiger partial charge in [0.25, 0.3) is 0 Å². The van der Waals surface area contributed by atoms with Crippen molar-refractivity contribution in [3.8, 4) is 0 Å². The SMILES string of the molecule is CC(CC1CC1)NCC1CCCN(C(=O)OC(C)(C)C)C1. The van der Waals surface area contributed by atoms with E-state index in [0.717, 1.165) is 32.0 Å². The molecule has 4 heteroatoms. The van der Waals surface area contributed by atoms with Gasteiger partial charge in [0.05, 0.1) is 0 Å². The normalized spacial score (nSPS) is 24.8. The summed E-state index contributed by atoms with van der Waals surface area (Å²) < 4.78 is 5.48. The van der Waals surface area contributed by atoms with Crippen molar-refractivity contribution in [2.45, 2.75) is 71.4 Å². The zero-order valence-electron chi connectivity index (χ0n) is 14.2. The van der Waals surface area contributed by atoms with Crippen LogP contribution in [0.5, 0.6) is 0 Å². The highest BCUT2D eigenvalue weighted by Crippen LogP contribution is 2.33. The van der Waals surface area contributed by atoms with Crippen molar-refractivity contribution in [1.29, 1.82) is 0 Å². The number of likely N-dealkylation sites (tertiary alicyclic amines) is 1. The lowest BCUT2D eigenvalue weighted by Gasteiger charge is -2.34. The standard InChI is InChI=1S/C17H32N2O2/c1-13(10-14-7-8-14)18-11-15-6-5-9-19(12-15)16(20)21-17(2,3)4/h13-15,18H,5-12H2,1-4H3. The van der Waals surface area contributed by atoms with Crippen molar-refractivity contribution in [3.05, 3.63) is 0 Å². The molecule has 2 fully saturated rings. The van der Waals surface area contributed by atoms with Crippen molar-refractivity contribution in [2.24, 2.45) is 11.8 Å². The predicted molar refractivity (Wildman–Crippen MR) is 85.3 cm³/mol. The molecule has 122 valence electrons. The van der Waals surface area contributed by atoms with E-state index < -0.39 is 5.60 Å². The van der Waals surface area contributed by atoms with Crippen LogP contribution < -0.4 is 5.32 Å². The summed E-state index contributed by atoms with van der Waals surface area (Å²) in [6, 6.07) is 0.606. The van der Waals surface area contributed by atoms with Crippen LogP contribution in [-0.4, -0.2) is 42.3 Å². The predicted octanol–water partition coefficient (Wildman–Crippen LogP) is 3.41. The van der Waals surface area contributed by atoms with Crippen molar-refractivity contribution in [2.75, 3.05) is 19.6 Å². The molecule has 0 radical (unpaired) electrons. The molecule has 21 heavy (non-hydrogen) atoms. The molecule has 1 heterocycles. The first-order chi connectivity index (χ1) is 9.83. The van der Waals surface area contributed by atoms with E-state index in [2.05, 4.69) is 12.2 Å². The summed E-state index contributed by atoms with van der Waals surface area (Å²) in [5.41, 5.74) is -0.402. The van der Waals surface area contributed by atoms with Crippen molar-refractivity contribution < 1.29 is 9.53 Å². The smallest absolute Gasteiger partial charge is 0.410 e. The molecule has 0 bridgehead atoms. The van der Waals surface area contributed by atoms with Gasteiger partial charge in [-0.1, -0.05) is 12.8 Å². The zero-order chi connectivity index (χ0) is 15.5. The van der Waals surface area contributed by atoms with E-state index in [1.165, 1.54) is 25.7 Å². The second-order valence-electron chi connectivity index (χ2n) is 7.92. The van der Waals surface area contributed by atoms with E-state index in [1.54, 1.807) is 0 Å². The number of ether oxygens (including phenoxy) is 1. The lowest BCUT2D eigenvalue weighted by molar-refractivity contribution is 0.0165. The molecule has 0 aromatic carbocycles. The topological polar surface area (TPSA) is 41.6 Å². The molecular formula is C17H32N2O2. The monoisotopic (exact) mass is 296 g/mol. The first-order valence-electron chi connectivity index (χ1n) is 8.55. The fourth-order valence-electron chi connectivity index (χ4n) is 3.03. The molecule has 1 aliphatic carbocycles. The Labute approximate surface area is 129 Å². The Balaban J connectivity index is 1.70. The summed E-state index contributed by atoms with van der Waals surface area (Å²) in [4.78, 5) is 14.0. The zero-order valence-corrected chi connectivity index (χ0v) is 14.2. The molecule has 0 aromatic rings. The van der Waals surface area contributed by atoms with Crippen LogP contribution in [0, 0.1) is 11.8 Å². The van der Waals surface area contributed by atoms with Crippen LogP contribution in [0.1, 0.15) is 59.8 Å². The number of rotatable bonds is 5. The van der Waals surface area contributed by atoms with E-state index in [1.807, 2.05) is 25.7 Å². The molecule has 2 unspecified atom stereocenters. The number of hydrogen-bond donors (Lipinski definition) is 1. The Morgan fingerprint density at radius 1 is 1.29 bits per heavy atom. The largest absolute Gasteiger partial charge is 0.444 e. The minimum atomic E-state index is -0.402. The number of carbonyl (C=O) groups is 1. The maximum absolute atomic E-state index is 12.1. The molecule has 1 saturated carbocycles. The van der Waals surface area contributed by atoms with Crippen molar-refractivity contribution in [1.82, 2.24) is 10.2 Å². The number of amides is 1. The Hall–Kier alpha value is -0.770. The van der Waals surface area contributed by atoms with Crippen LogP contribution in [0.2, 0.25) is 0 Å². The van der Waals surface area contributed by atoms with Gasteiger partial charge in [-0.25, -0.2) is 4.79 Å². The van der Waals surface area contributed by atoms with E-state index >= 15 is 0 Å². The van der Waals surface area contributed by atoms with Gasteiger partial charge in [0, 0.05) is 19.1 Å². The fraction of sp³-hybridized carbons (Fsp3) is 0.941. The summed E-state index contributed by atoms with van der Waals surface area (Å²) >= 11 is 0. The highest BCUT2D eigenvalue weighted by Gasteiger charge is 2.28. The average Bonchev–Trinajstić information content (AvgIpc) is 3.19. The van der Waals surface area contributed by atoms with E-state index in [0.29, 0.717) is 12.0 Å². The fourth-order valence-corrected chi connectivity index (χ4v) is 3.03. The van der Waals surface area contributed by atoms with E-state index in [4.69, 9.17) is 4.74 Å². The minimum absolute atomic E-state index is 0.154. The molecule has 4 nitrogen and oxygen atoms in total. The lowest BCUT2D eigenvalue weighted by Crippen LogP contribution is -2.45. The van der Waals surface area contributed by atoms with Crippen LogP contribution in [-0.2, 0) is 4.74 Å². The van der Waals surface area contributed by atoms with Crippen LogP contribution >= 0.6 is 0 Å². The van der Waals surface area contributed by atoms with Crippen LogP contribution in [0.3, 0.4) is 0 Å². The minimum Gasteiger partial charge on any atom is -0.444 e. The van der Waals surface area contributed by atoms with Gasteiger partial charge in [-0.05, 0) is 65.3 Å². The molecule has 1 aliphatic heterocycles. The maximum atomic E-state index is 12.1. The number of hydrogen-bond acceptors (Lipinski definition) is 3. The highest BCUT2D eigenvalue weighted by molar-refractivity contribution is 5.68. The third-order valence-corrected chi connectivity index (χ3v) is 4.31. The molecular weight excluding hydrogens is 264 g/mol. The van der Waals surface area contributed by atoms with Crippen molar-refractivity contribution in [3.63, 3.8) is 0 Å². The van der Waals surface area contributed by atoms with E-state index in [-0.39, 0.29) is 6.09 Å². The molecule has 1 amide bonds. The highest BCUT2D eigenvalue weighted by atomic mass is 16.6. The Bertz CT molecular complexity index is 347. The number of nitrogens with one attached hydrogen (secondary N) is 1. The summed E-state index contributed by atoms with van der Waals surface area (Å²) in [5, 5.41) is 3.65. The molecule has 1 N–H and O–H groups in total. The number of carbonyl (C=O) groups excluding carboxylic acids is 1. The van der Waals surface area contributed by atoms with Gasteiger partial charge in [0.15, 0.2) is 0 Å². The average molecular weight is 296 g/mol. The Morgan fingerprint density at radius 3 is 2.62 bits per heavy atom. The third-order valence-electron chi connectivity index (χ3n) is 4.31. The first-order valence-corrected chi connectivity index (χ1v) is 8.55. The van der Waals surface area contributed by atoms with Gasteiger partial charge >= 0.3 is 6.09 Å². The molecule has 1 saturated heterocycles. The summed E-state index contributed by atoms with van der Waals surface area (Å²) in [7, 11) is 0. The van der Waals surface area contributed by atoms with Gasteiger partial charge in [-0.3, -0.25) is 0 Å². The van der Waals surface area contributed by atoms with Gasteiger partial charge in [0.2, 0.25) is 0 Å². The molecule has 2 atom stereocenters. The van der Waals surface area contributed by atoms with Gasteiger partial charge < -0.3 is 15.0 Å². The number of piperidine rings is 1. The molecule has 0 spiro atoms. The summed E-state index contributed by atoms with van der Waals surface area (Å²) in [6.45, 7) is 10.7.